The number of ether oxygens (including phenoxy) is 1. The number of hydrogen-bond donors (Lipinski definition) is 1. The van der Waals surface area contributed by atoms with Crippen molar-refractivity contribution in [3.8, 4) is 0 Å². The van der Waals surface area contributed by atoms with Crippen LogP contribution >= 0.6 is 0 Å². The van der Waals surface area contributed by atoms with E-state index in [4.69, 9.17) is 4.74 Å². The van der Waals surface area contributed by atoms with Crippen molar-refractivity contribution in [2.24, 2.45) is 0 Å². The average Bonchev–Trinajstić information content (AvgIpc) is 2.52. The van der Waals surface area contributed by atoms with Crippen molar-refractivity contribution in [2.45, 2.75) is 32.2 Å². The molecule has 0 saturated carbocycles. The van der Waals surface area contributed by atoms with Crippen LogP contribution in [0.1, 0.15) is 36.7 Å². The number of nitrogens with one attached hydrogen (secondary N) is 1. The number of rotatable bonds is 5. The molecule has 5 heteroatoms. The zero-order valence-corrected chi connectivity index (χ0v) is 12.3. The van der Waals surface area contributed by atoms with Crippen LogP contribution in [0, 0.1) is 0 Å². The molecule has 2 heterocycles. The first-order chi connectivity index (χ1) is 9.72. The van der Waals surface area contributed by atoms with E-state index in [2.05, 4.69) is 17.2 Å². The van der Waals surface area contributed by atoms with Gasteiger partial charge in [0.15, 0.2) is 0 Å². The second-order valence-corrected chi connectivity index (χ2v) is 5.09. The van der Waals surface area contributed by atoms with Gasteiger partial charge in [-0.1, -0.05) is 13.0 Å². The quantitative estimate of drug-likeness (QED) is 0.896. The highest BCUT2D eigenvalue weighted by molar-refractivity contribution is 5.92. The molecule has 0 unspecified atom stereocenters. The van der Waals surface area contributed by atoms with Gasteiger partial charge in [-0.25, -0.2) is 4.98 Å². The molecular formula is C15H23N3O2. The largest absolute Gasteiger partial charge is 0.381 e. The van der Waals surface area contributed by atoms with E-state index in [1.165, 1.54) is 0 Å². The fourth-order valence-corrected chi connectivity index (χ4v) is 2.32. The van der Waals surface area contributed by atoms with Crippen molar-refractivity contribution in [3.05, 3.63) is 23.9 Å². The summed E-state index contributed by atoms with van der Waals surface area (Å²) >= 11 is 0. The lowest BCUT2D eigenvalue weighted by atomic mass is 10.1. The smallest absolute Gasteiger partial charge is 0.272 e. The van der Waals surface area contributed by atoms with E-state index >= 15 is 0 Å². The van der Waals surface area contributed by atoms with Gasteiger partial charge >= 0.3 is 0 Å². The van der Waals surface area contributed by atoms with Crippen LogP contribution in [0.2, 0.25) is 0 Å². The first-order valence-electron chi connectivity index (χ1n) is 7.28. The molecule has 0 radical (unpaired) electrons. The Kier molecular flexibility index (Phi) is 5.35. The number of carbonyl (C=O) groups excluding carboxylic acids is 1. The van der Waals surface area contributed by atoms with Crippen molar-refractivity contribution in [2.75, 3.05) is 32.1 Å². The monoisotopic (exact) mass is 277 g/mol. The summed E-state index contributed by atoms with van der Waals surface area (Å²) in [6.07, 6.45) is 2.83. The number of aromatic nitrogens is 1. The van der Waals surface area contributed by atoms with Gasteiger partial charge in [0.05, 0.1) is 0 Å². The topological polar surface area (TPSA) is 54.5 Å². The van der Waals surface area contributed by atoms with Gasteiger partial charge in [0.2, 0.25) is 0 Å². The summed E-state index contributed by atoms with van der Waals surface area (Å²) in [4.78, 5) is 18.7. The molecule has 1 aliphatic heterocycles. The maximum absolute atomic E-state index is 12.5. The highest BCUT2D eigenvalue weighted by Gasteiger charge is 2.24. The molecule has 0 aromatic carbocycles. The van der Waals surface area contributed by atoms with Crippen molar-refractivity contribution >= 4 is 11.7 Å². The van der Waals surface area contributed by atoms with Crippen LogP contribution in [0.3, 0.4) is 0 Å². The molecule has 1 aromatic rings. The standard InChI is InChI=1S/C15H23N3O2/c1-3-9-16-14-6-4-5-13(17-14)15(19)18(2)12-7-10-20-11-8-12/h4-6,12H,3,7-11H2,1-2H3,(H,16,17). The fourth-order valence-electron chi connectivity index (χ4n) is 2.32. The van der Waals surface area contributed by atoms with Crippen LogP contribution < -0.4 is 5.32 Å². The molecule has 0 aliphatic carbocycles. The number of amides is 1. The molecule has 2 rings (SSSR count). The Morgan fingerprint density at radius 1 is 1.45 bits per heavy atom. The average molecular weight is 277 g/mol. The fraction of sp³-hybridized carbons (Fsp3) is 0.600. The van der Waals surface area contributed by atoms with E-state index < -0.39 is 0 Å². The summed E-state index contributed by atoms with van der Waals surface area (Å²) in [6.45, 7) is 4.42. The third-order valence-corrected chi connectivity index (χ3v) is 3.58. The number of hydrogen-bond acceptors (Lipinski definition) is 4. The Labute approximate surface area is 120 Å². The third-order valence-electron chi connectivity index (χ3n) is 3.58. The number of anilines is 1. The summed E-state index contributed by atoms with van der Waals surface area (Å²) in [7, 11) is 1.85. The van der Waals surface area contributed by atoms with Gasteiger partial charge in [0, 0.05) is 32.8 Å². The first kappa shape index (κ1) is 14.8. The minimum Gasteiger partial charge on any atom is -0.381 e. The van der Waals surface area contributed by atoms with Crippen LogP contribution in [-0.2, 0) is 4.74 Å². The predicted octanol–water partition coefficient (Wildman–Crippen LogP) is 2.15. The zero-order chi connectivity index (χ0) is 14.4. The summed E-state index contributed by atoms with van der Waals surface area (Å²) in [5, 5.41) is 3.21. The molecular weight excluding hydrogens is 254 g/mol. The van der Waals surface area contributed by atoms with E-state index in [-0.39, 0.29) is 11.9 Å². The van der Waals surface area contributed by atoms with Gasteiger partial charge < -0.3 is 15.0 Å². The molecule has 1 fully saturated rings. The highest BCUT2D eigenvalue weighted by atomic mass is 16.5. The molecule has 1 N–H and O–H groups in total. The number of carbonyl (C=O) groups is 1. The summed E-state index contributed by atoms with van der Waals surface area (Å²) in [5.74, 6) is 0.745. The molecule has 1 saturated heterocycles. The van der Waals surface area contributed by atoms with Crippen LogP contribution in [0.25, 0.3) is 0 Å². The van der Waals surface area contributed by atoms with Crippen LogP contribution in [0.4, 0.5) is 5.82 Å². The minimum absolute atomic E-state index is 0.0166. The number of nitrogens with zero attached hydrogens (tertiary/aromatic N) is 2. The maximum atomic E-state index is 12.5. The Morgan fingerprint density at radius 3 is 2.90 bits per heavy atom. The van der Waals surface area contributed by atoms with Crippen molar-refractivity contribution in [1.82, 2.24) is 9.88 Å². The molecule has 110 valence electrons. The third kappa shape index (κ3) is 3.70. The van der Waals surface area contributed by atoms with E-state index in [1.807, 2.05) is 19.2 Å². The number of pyridine rings is 1. The Hall–Kier alpha value is -1.62. The van der Waals surface area contributed by atoms with Gasteiger partial charge in [-0.15, -0.1) is 0 Å². The molecule has 0 spiro atoms. The SMILES string of the molecule is CCCNc1cccc(C(=O)N(C)C2CCOCC2)n1. The first-order valence-corrected chi connectivity index (χ1v) is 7.28. The normalized spacial score (nSPS) is 15.9. The second-order valence-electron chi connectivity index (χ2n) is 5.09. The Balaban J connectivity index is 2.03. The molecule has 1 aromatic heterocycles. The highest BCUT2D eigenvalue weighted by Crippen LogP contribution is 2.15. The molecule has 0 bridgehead atoms. The van der Waals surface area contributed by atoms with Crippen LogP contribution in [0.15, 0.2) is 18.2 Å². The zero-order valence-electron chi connectivity index (χ0n) is 12.3. The second kappa shape index (κ2) is 7.24. The van der Waals surface area contributed by atoms with Gasteiger partial charge in [0.1, 0.15) is 11.5 Å². The van der Waals surface area contributed by atoms with Gasteiger partial charge in [-0.2, -0.15) is 0 Å². The predicted molar refractivity (Wildman–Crippen MR) is 79.0 cm³/mol. The molecule has 1 aliphatic rings. The van der Waals surface area contributed by atoms with E-state index in [1.54, 1.807) is 11.0 Å². The Morgan fingerprint density at radius 2 is 2.20 bits per heavy atom. The van der Waals surface area contributed by atoms with Crippen molar-refractivity contribution in [3.63, 3.8) is 0 Å². The molecule has 20 heavy (non-hydrogen) atoms. The van der Waals surface area contributed by atoms with E-state index in [9.17, 15) is 4.79 Å². The van der Waals surface area contributed by atoms with Crippen LogP contribution in [-0.4, -0.2) is 48.6 Å². The summed E-state index contributed by atoms with van der Waals surface area (Å²) in [6, 6.07) is 5.79. The molecule has 5 nitrogen and oxygen atoms in total. The lowest BCUT2D eigenvalue weighted by Crippen LogP contribution is -2.41. The molecule has 1 amide bonds. The lowest BCUT2D eigenvalue weighted by molar-refractivity contribution is 0.0359. The van der Waals surface area contributed by atoms with Gasteiger partial charge in [0.25, 0.3) is 5.91 Å². The van der Waals surface area contributed by atoms with Crippen molar-refractivity contribution < 1.29 is 9.53 Å². The van der Waals surface area contributed by atoms with Gasteiger partial charge in [-0.3, -0.25) is 4.79 Å². The van der Waals surface area contributed by atoms with Gasteiger partial charge in [-0.05, 0) is 31.4 Å². The van der Waals surface area contributed by atoms with E-state index in [0.29, 0.717) is 5.69 Å². The molecule has 0 atom stereocenters. The minimum atomic E-state index is -0.0166. The lowest BCUT2D eigenvalue weighted by Gasteiger charge is -2.31. The Bertz CT molecular complexity index is 444. The summed E-state index contributed by atoms with van der Waals surface area (Å²) in [5.41, 5.74) is 0.500. The van der Waals surface area contributed by atoms with E-state index in [0.717, 1.165) is 44.8 Å². The summed E-state index contributed by atoms with van der Waals surface area (Å²) < 4.78 is 5.34. The maximum Gasteiger partial charge on any atom is 0.272 e. The van der Waals surface area contributed by atoms with Crippen molar-refractivity contribution in [1.29, 1.82) is 0 Å². The van der Waals surface area contributed by atoms with Crippen LogP contribution in [0.5, 0.6) is 0 Å².